The van der Waals surface area contributed by atoms with Crippen molar-refractivity contribution in [3.63, 3.8) is 0 Å². The zero-order valence-electron chi connectivity index (χ0n) is 21.1. The van der Waals surface area contributed by atoms with Crippen molar-refractivity contribution in [2.24, 2.45) is 5.73 Å². The summed E-state index contributed by atoms with van der Waals surface area (Å²) in [6.07, 6.45) is 9.41. The number of carbonyl (C=O) groups is 3. The van der Waals surface area contributed by atoms with Crippen LogP contribution in [0.15, 0.2) is 72.1 Å². The van der Waals surface area contributed by atoms with Crippen molar-refractivity contribution in [1.82, 2.24) is 15.2 Å². The fourth-order valence-corrected chi connectivity index (χ4v) is 4.27. The van der Waals surface area contributed by atoms with Gasteiger partial charge in [0.05, 0.1) is 35.6 Å². The third kappa shape index (κ3) is 6.50. The Morgan fingerprint density at radius 1 is 1.22 bits per heavy atom. The summed E-state index contributed by atoms with van der Waals surface area (Å²) in [4.78, 5) is 42.9. The number of ketones is 1. The van der Waals surface area contributed by atoms with Gasteiger partial charge in [-0.3, -0.25) is 14.4 Å². The van der Waals surface area contributed by atoms with E-state index in [2.05, 4.69) is 15.6 Å². The summed E-state index contributed by atoms with van der Waals surface area (Å²) in [6.45, 7) is 5.39. The molecule has 0 unspecified atom stereocenters. The SMILES string of the molecule is C\C=C/C(=C\C(=C\CC)NC(C)=O)c1[nH]c2c(c1Nc1ccccc1)C(=O)CN(C(=O)C(C=S)=CN)C2. The van der Waals surface area contributed by atoms with Gasteiger partial charge >= 0.3 is 0 Å². The fourth-order valence-electron chi connectivity index (χ4n) is 4.09. The van der Waals surface area contributed by atoms with Crippen LogP contribution in [0.3, 0.4) is 0 Å². The van der Waals surface area contributed by atoms with Gasteiger partial charge in [0.1, 0.15) is 0 Å². The van der Waals surface area contributed by atoms with Gasteiger partial charge in [0, 0.05) is 41.1 Å². The molecule has 1 aliphatic rings. The maximum Gasteiger partial charge on any atom is 0.256 e. The van der Waals surface area contributed by atoms with Crippen LogP contribution >= 0.6 is 12.2 Å². The van der Waals surface area contributed by atoms with Crippen LogP contribution in [0.25, 0.3) is 5.57 Å². The molecule has 0 saturated heterocycles. The van der Waals surface area contributed by atoms with Crippen molar-refractivity contribution >= 4 is 52.1 Å². The first-order valence-corrected chi connectivity index (χ1v) is 12.4. The lowest BCUT2D eigenvalue weighted by molar-refractivity contribution is -0.127. The van der Waals surface area contributed by atoms with Crippen LogP contribution in [-0.4, -0.2) is 39.4 Å². The average molecular weight is 518 g/mol. The number of hydrogen-bond acceptors (Lipinski definition) is 6. The van der Waals surface area contributed by atoms with Crippen LogP contribution in [0.5, 0.6) is 0 Å². The first-order chi connectivity index (χ1) is 17.8. The Bertz CT molecular complexity index is 1320. The number of Topliss-reactive ketones (excluding diaryl/α,β-unsaturated/α-hetero) is 1. The number of carbonyl (C=O) groups excluding carboxylic acids is 3. The molecule has 2 amide bonds. The van der Waals surface area contributed by atoms with Crippen LogP contribution in [-0.2, 0) is 16.1 Å². The van der Waals surface area contributed by atoms with Crippen molar-refractivity contribution < 1.29 is 14.4 Å². The second kappa shape index (κ2) is 12.6. The molecule has 0 fully saturated rings. The first-order valence-electron chi connectivity index (χ1n) is 11.9. The van der Waals surface area contributed by atoms with Crippen LogP contribution in [0.2, 0.25) is 0 Å². The Kier molecular flexibility index (Phi) is 9.34. The maximum absolute atomic E-state index is 13.4. The number of anilines is 2. The second-order valence-corrected chi connectivity index (χ2v) is 8.63. The summed E-state index contributed by atoms with van der Waals surface area (Å²) in [5, 5.41) is 7.46. The van der Waals surface area contributed by atoms with Gasteiger partial charge in [0.15, 0.2) is 5.78 Å². The number of benzene rings is 1. The van der Waals surface area contributed by atoms with Gasteiger partial charge in [-0.2, -0.15) is 0 Å². The van der Waals surface area contributed by atoms with Crippen LogP contribution < -0.4 is 16.4 Å². The Morgan fingerprint density at radius 3 is 2.54 bits per heavy atom. The normalized spacial score (nSPS) is 14.5. The van der Waals surface area contributed by atoms with E-state index in [1.165, 1.54) is 17.2 Å². The predicted octanol–water partition coefficient (Wildman–Crippen LogP) is 4.52. The Balaban J connectivity index is 2.19. The molecule has 2 heterocycles. The number of nitrogens with one attached hydrogen (secondary N) is 3. The highest BCUT2D eigenvalue weighted by Crippen LogP contribution is 2.37. The molecule has 192 valence electrons. The molecule has 9 heteroatoms. The van der Waals surface area contributed by atoms with Crippen molar-refractivity contribution in [3.8, 4) is 0 Å². The summed E-state index contributed by atoms with van der Waals surface area (Å²) >= 11 is 4.90. The van der Waals surface area contributed by atoms with Gasteiger partial charge < -0.3 is 26.3 Å². The third-order valence-corrected chi connectivity index (χ3v) is 5.87. The molecule has 0 radical (unpaired) electrons. The summed E-state index contributed by atoms with van der Waals surface area (Å²) in [5.41, 5.74) is 10.2. The minimum absolute atomic E-state index is 0.108. The largest absolute Gasteiger partial charge is 0.404 e. The second-order valence-electron chi connectivity index (χ2n) is 8.39. The van der Waals surface area contributed by atoms with Crippen molar-refractivity contribution in [1.29, 1.82) is 0 Å². The Hall–Kier alpha value is -4.24. The van der Waals surface area contributed by atoms with Gasteiger partial charge in [-0.15, -0.1) is 0 Å². The molecule has 8 nitrogen and oxygen atoms in total. The molecule has 0 atom stereocenters. The number of thiocarbonyl (C=S) groups is 1. The number of allylic oxidation sites excluding steroid dienone is 5. The van der Waals surface area contributed by atoms with Gasteiger partial charge in [0.25, 0.3) is 5.91 Å². The molecule has 0 saturated carbocycles. The monoisotopic (exact) mass is 517 g/mol. The van der Waals surface area contributed by atoms with E-state index in [4.69, 9.17) is 18.0 Å². The first kappa shape index (κ1) is 27.3. The number of nitrogens with two attached hydrogens (primary N) is 1. The van der Waals surface area contributed by atoms with Crippen molar-refractivity contribution in [2.75, 3.05) is 11.9 Å². The zero-order valence-corrected chi connectivity index (χ0v) is 21.9. The summed E-state index contributed by atoms with van der Waals surface area (Å²) in [6, 6.07) is 9.52. The molecule has 2 aromatic rings. The lowest BCUT2D eigenvalue weighted by Crippen LogP contribution is -2.40. The number of H-pyrrole nitrogens is 1. The molecule has 1 aromatic carbocycles. The highest BCUT2D eigenvalue weighted by molar-refractivity contribution is 7.79. The number of nitrogens with zero attached hydrogens (tertiary/aromatic N) is 1. The molecular weight excluding hydrogens is 486 g/mol. The van der Waals surface area contributed by atoms with Gasteiger partial charge in [0.2, 0.25) is 5.91 Å². The van der Waals surface area contributed by atoms with E-state index in [1.54, 1.807) is 0 Å². The van der Waals surface area contributed by atoms with E-state index in [0.717, 1.165) is 23.9 Å². The quantitative estimate of drug-likeness (QED) is 0.221. The molecule has 0 spiro atoms. The number of aromatic nitrogens is 1. The molecular formula is C28H31N5O3S. The highest BCUT2D eigenvalue weighted by Gasteiger charge is 2.33. The minimum Gasteiger partial charge on any atom is -0.404 e. The van der Waals surface area contributed by atoms with Crippen LogP contribution in [0.4, 0.5) is 11.4 Å². The smallest absolute Gasteiger partial charge is 0.256 e. The van der Waals surface area contributed by atoms with Crippen LogP contribution in [0, 0.1) is 0 Å². The van der Waals surface area contributed by atoms with E-state index in [9.17, 15) is 14.4 Å². The average Bonchev–Trinajstić information content (AvgIpc) is 3.23. The molecule has 1 aliphatic heterocycles. The molecule has 5 N–H and O–H groups in total. The Labute approximate surface area is 222 Å². The number of rotatable bonds is 9. The van der Waals surface area contributed by atoms with E-state index in [0.29, 0.717) is 28.3 Å². The van der Waals surface area contributed by atoms with Gasteiger partial charge in [-0.25, -0.2) is 0 Å². The van der Waals surface area contributed by atoms with E-state index < -0.39 is 5.91 Å². The van der Waals surface area contributed by atoms with E-state index in [-0.39, 0.29) is 30.4 Å². The number of fused-ring (bicyclic) bond motifs is 1. The lowest BCUT2D eigenvalue weighted by atomic mass is 10.0. The third-order valence-electron chi connectivity index (χ3n) is 5.61. The van der Waals surface area contributed by atoms with Crippen LogP contribution in [0.1, 0.15) is 48.9 Å². The summed E-state index contributed by atoms with van der Waals surface area (Å²) in [5.74, 6) is -0.814. The molecule has 3 rings (SSSR count). The maximum atomic E-state index is 13.4. The fraction of sp³-hybridized carbons (Fsp3) is 0.214. The number of para-hydroxylation sites is 1. The van der Waals surface area contributed by atoms with Crippen molar-refractivity contribution in [2.45, 2.75) is 33.7 Å². The number of amides is 2. The van der Waals surface area contributed by atoms with Crippen molar-refractivity contribution in [3.05, 3.63) is 89.1 Å². The lowest BCUT2D eigenvalue weighted by Gasteiger charge is -2.26. The zero-order chi connectivity index (χ0) is 26.9. The molecule has 0 bridgehead atoms. The predicted molar refractivity (Wildman–Crippen MR) is 151 cm³/mol. The Morgan fingerprint density at radius 2 is 1.95 bits per heavy atom. The number of aromatic amines is 1. The van der Waals surface area contributed by atoms with Gasteiger partial charge in [-0.1, -0.05) is 55.6 Å². The highest BCUT2D eigenvalue weighted by atomic mass is 32.1. The minimum atomic E-state index is -0.409. The number of hydrogen-bond donors (Lipinski definition) is 4. The molecule has 37 heavy (non-hydrogen) atoms. The van der Waals surface area contributed by atoms with Gasteiger partial charge in [-0.05, 0) is 31.6 Å². The summed E-state index contributed by atoms with van der Waals surface area (Å²) in [7, 11) is 0. The van der Waals surface area contributed by atoms with E-state index >= 15 is 0 Å². The molecule has 0 aliphatic carbocycles. The standard InChI is InChI=1S/C28H31N5O3S/c1-4-9-19(13-22(10-5-2)30-18(3)34)26-27(31-21-11-7-6-8-12-21)25-23(32-26)15-33(16-24(25)35)28(36)20(14-29)17-37/h4,6-14,17,31-32H,5,15-16,29H2,1-3H3,(H,30,34)/b9-4-,19-13+,20-14?,22-10-. The molecule has 1 aromatic heterocycles. The van der Waals surface area contributed by atoms with E-state index in [1.807, 2.05) is 68.5 Å². The summed E-state index contributed by atoms with van der Waals surface area (Å²) < 4.78 is 0. The topological polar surface area (TPSA) is 120 Å².